The van der Waals surface area contributed by atoms with Gasteiger partial charge in [0.1, 0.15) is 11.6 Å². The van der Waals surface area contributed by atoms with Crippen molar-refractivity contribution < 1.29 is 4.39 Å². The molecule has 0 spiro atoms. The Bertz CT molecular complexity index is 898. The number of hydrogen-bond acceptors (Lipinski definition) is 3. The molecule has 1 atom stereocenters. The van der Waals surface area contributed by atoms with Crippen LogP contribution in [0.5, 0.6) is 0 Å². The molecule has 1 heterocycles. The molecule has 0 amide bonds. The maximum absolute atomic E-state index is 13.1. The molecule has 0 radical (unpaired) electrons. The van der Waals surface area contributed by atoms with Crippen LogP contribution in [0.1, 0.15) is 24.4 Å². The second-order valence-electron chi connectivity index (χ2n) is 5.40. The van der Waals surface area contributed by atoms with E-state index >= 15 is 0 Å². The minimum Gasteiger partial charge on any atom is -0.322 e. The summed E-state index contributed by atoms with van der Waals surface area (Å²) in [4.78, 5) is 17.4. The van der Waals surface area contributed by atoms with Crippen molar-refractivity contribution in [3.05, 3.63) is 70.0 Å². The van der Waals surface area contributed by atoms with Crippen molar-refractivity contribution >= 4 is 10.9 Å². The monoisotopic (exact) mass is 297 g/mol. The summed E-state index contributed by atoms with van der Waals surface area (Å²) in [6, 6.07) is 10.8. The first-order valence-corrected chi connectivity index (χ1v) is 7.02. The van der Waals surface area contributed by atoms with E-state index in [0.29, 0.717) is 22.4 Å². The van der Waals surface area contributed by atoms with Crippen LogP contribution in [0.25, 0.3) is 16.6 Å². The SMILES string of the molecule is Cc1ccc2nc(C(C)N)n(-c3ccc(F)cc3)c(=O)c2c1. The molecule has 5 heteroatoms. The quantitative estimate of drug-likeness (QED) is 0.791. The van der Waals surface area contributed by atoms with Crippen LogP contribution in [0.4, 0.5) is 4.39 Å². The van der Waals surface area contributed by atoms with Gasteiger partial charge in [-0.2, -0.15) is 0 Å². The maximum Gasteiger partial charge on any atom is 0.266 e. The number of nitrogens with zero attached hydrogens (tertiary/aromatic N) is 2. The van der Waals surface area contributed by atoms with Crippen LogP contribution in [0.3, 0.4) is 0 Å². The summed E-state index contributed by atoms with van der Waals surface area (Å²) in [5, 5.41) is 0.522. The van der Waals surface area contributed by atoms with Crippen molar-refractivity contribution in [2.75, 3.05) is 0 Å². The Hall–Kier alpha value is -2.53. The molecule has 0 aliphatic rings. The molecule has 0 aliphatic carbocycles. The average molecular weight is 297 g/mol. The van der Waals surface area contributed by atoms with E-state index in [-0.39, 0.29) is 11.4 Å². The molecule has 2 N–H and O–H groups in total. The van der Waals surface area contributed by atoms with Gasteiger partial charge in [0, 0.05) is 0 Å². The molecular weight excluding hydrogens is 281 g/mol. The van der Waals surface area contributed by atoms with E-state index in [9.17, 15) is 9.18 Å². The maximum atomic E-state index is 13.1. The molecule has 0 saturated carbocycles. The lowest BCUT2D eigenvalue weighted by atomic mass is 10.1. The fraction of sp³-hybridized carbons (Fsp3) is 0.176. The zero-order valence-electron chi connectivity index (χ0n) is 12.4. The van der Waals surface area contributed by atoms with E-state index in [1.165, 1.54) is 16.7 Å². The highest BCUT2D eigenvalue weighted by molar-refractivity contribution is 5.78. The van der Waals surface area contributed by atoms with E-state index in [2.05, 4.69) is 4.98 Å². The molecule has 3 rings (SSSR count). The number of fused-ring (bicyclic) bond motifs is 1. The standard InChI is InChI=1S/C17H16FN3O/c1-10-3-8-15-14(9-10)17(22)21(16(20-15)11(2)19)13-6-4-12(18)5-7-13/h3-9,11H,19H2,1-2H3. The van der Waals surface area contributed by atoms with Gasteiger partial charge in [-0.1, -0.05) is 11.6 Å². The van der Waals surface area contributed by atoms with E-state index in [0.717, 1.165) is 5.56 Å². The number of benzene rings is 2. The van der Waals surface area contributed by atoms with Crippen LogP contribution >= 0.6 is 0 Å². The summed E-state index contributed by atoms with van der Waals surface area (Å²) < 4.78 is 14.6. The number of aromatic nitrogens is 2. The molecular formula is C17H16FN3O. The number of nitrogens with two attached hydrogens (primary N) is 1. The lowest BCUT2D eigenvalue weighted by Crippen LogP contribution is -2.27. The van der Waals surface area contributed by atoms with E-state index in [1.807, 2.05) is 19.1 Å². The van der Waals surface area contributed by atoms with Crippen LogP contribution in [0.2, 0.25) is 0 Å². The van der Waals surface area contributed by atoms with Gasteiger partial charge in [-0.25, -0.2) is 9.37 Å². The van der Waals surface area contributed by atoms with Crippen molar-refractivity contribution in [2.24, 2.45) is 5.73 Å². The first kappa shape index (κ1) is 14.4. The third-order valence-corrected chi connectivity index (χ3v) is 3.54. The Morgan fingerprint density at radius 3 is 2.50 bits per heavy atom. The number of rotatable bonds is 2. The molecule has 3 aromatic rings. The van der Waals surface area contributed by atoms with Gasteiger partial charge in [-0.15, -0.1) is 0 Å². The molecule has 4 nitrogen and oxygen atoms in total. The van der Waals surface area contributed by atoms with Crippen molar-refractivity contribution in [1.82, 2.24) is 9.55 Å². The Morgan fingerprint density at radius 1 is 1.18 bits per heavy atom. The average Bonchev–Trinajstić information content (AvgIpc) is 2.49. The number of aryl methyl sites for hydroxylation is 1. The topological polar surface area (TPSA) is 60.9 Å². The van der Waals surface area contributed by atoms with Gasteiger partial charge in [0.2, 0.25) is 0 Å². The second kappa shape index (κ2) is 5.35. The highest BCUT2D eigenvalue weighted by Gasteiger charge is 2.15. The largest absolute Gasteiger partial charge is 0.322 e. The Labute approximate surface area is 127 Å². The molecule has 0 bridgehead atoms. The third kappa shape index (κ3) is 2.40. The molecule has 0 saturated heterocycles. The van der Waals surface area contributed by atoms with Gasteiger partial charge in [0.05, 0.1) is 22.6 Å². The van der Waals surface area contributed by atoms with Gasteiger partial charge >= 0.3 is 0 Å². The molecule has 1 unspecified atom stereocenters. The Morgan fingerprint density at radius 2 is 1.86 bits per heavy atom. The highest BCUT2D eigenvalue weighted by Crippen LogP contribution is 2.18. The Balaban J connectivity index is 2.40. The van der Waals surface area contributed by atoms with E-state index < -0.39 is 6.04 Å². The first-order chi connectivity index (χ1) is 10.5. The van der Waals surface area contributed by atoms with Gasteiger partial charge in [0.15, 0.2) is 0 Å². The van der Waals surface area contributed by atoms with Crippen LogP contribution in [0, 0.1) is 12.7 Å². The molecule has 2 aromatic carbocycles. The van der Waals surface area contributed by atoms with Crippen molar-refractivity contribution in [2.45, 2.75) is 19.9 Å². The van der Waals surface area contributed by atoms with Crippen LogP contribution in [-0.2, 0) is 0 Å². The van der Waals surface area contributed by atoms with E-state index in [4.69, 9.17) is 5.73 Å². The fourth-order valence-electron chi connectivity index (χ4n) is 2.46. The highest BCUT2D eigenvalue weighted by atomic mass is 19.1. The predicted octanol–water partition coefficient (Wildman–Crippen LogP) is 2.85. The smallest absolute Gasteiger partial charge is 0.266 e. The summed E-state index contributed by atoms with van der Waals surface area (Å²) in [6.07, 6.45) is 0. The lowest BCUT2D eigenvalue weighted by Gasteiger charge is -2.16. The first-order valence-electron chi connectivity index (χ1n) is 7.02. The summed E-state index contributed by atoms with van der Waals surface area (Å²) in [5.74, 6) is 0.0942. The molecule has 22 heavy (non-hydrogen) atoms. The van der Waals surface area contributed by atoms with Crippen LogP contribution in [-0.4, -0.2) is 9.55 Å². The number of hydrogen-bond donors (Lipinski definition) is 1. The molecule has 1 aromatic heterocycles. The van der Waals surface area contributed by atoms with Crippen LogP contribution in [0.15, 0.2) is 47.3 Å². The minimum atomic E-state index is -0.427. The summed E-state index contributed by atoms with van der Waals surface area (Å²) in [6.45, 7) is 3.68. The number of halogens is 1. The van der Waals surface area contributed by atoms with Crippen LogP contribution < -0.4 is 11.3 Å². The van der Waals surface area contributed by atoms with Crippen molar-refractivity contribution in [3.8, 4) is 5.69 Å². The van der Waals surface area contributed by atoms with Gasteiger partial charge in [-0.3, -0.25) is 9.36 Å². The van der Waals surface area contributed by atoms with Gasteiger partial charge in [-0.05, 0) is 50.2 Å². The zero-order valence-corrected chi connectivity index (χ0v) is 12.4. The summed E-state index contributed by atoms with van der Waals surface area (Å²) >= 11 is 0. The lowest BCUT2D eigenvalue weighted by molar-refractivity contribution is 0.626. The second-order valence-corrected chi connectivity index (χ2v) is 5.40. The van der Waals surface area contributed by atoms with Gasteiger partial charge < -0.3 is 5.73 Å². The van der Waals surface area contributed by atoms with Crippen molar-refractivity contribution in [1.29, 1.82) is 0 Å². The predicted molar refractivity (Wildman–Crippen MR) is 84.6 cm³/mol. The molecule has 0 aliphatic heterocycles. The fourth-order valence-corrected chi connectivity index (χ4v) is 2.46. The van der Waals surface area contributed by atoms with Gasteiger partial charge in [0.25, 0.3) is 5.56 Å². The normalized spacial score (nSPS) is 12.5. The van der Waals surface area contributed by atoms with Crippen molar-refractivity contribution in [3.63, 3.8) is 0 Å². The summed E-state index contributed by atoms with van der Waals surface area (Å²) in [7, 11) is 0. The zero-order chi connectivity index (χ0) is 15.9. The molecule has 0 fully saturated rings. The third-order valence-electron chi connectivity index (χ3n) is 3.54. The van der Waals surface area contributed by atoms with E-state index in [1.54, 1.807) is 25.1 Å². The Kier molecular flexibility index (Phi) is 3.50. The summed E-state index contributed by atoms with van der Waals surface area (Å²) in [5.41, 5.74) is 7.91. The minimum absolute atomic E-state index is 0.201. The molecule has 112 valence electrons.